The number of esters is 1. The standard InChI is InChI=1S/C27H24F2N2O4/c1-27(2,3)35-26(33)30-20-14-13-19(28)23(29)24(20)31-21-12-8-7-11-18(21)15-22(31)25(32)34-16-17-9-5-4-6-10-17/h4-15H,16H2,1-3H3,(H,30,33). The second-order valence-corrected chi connectivity index (χ2v) is 8.87. The highest BCUT2D eigenvalue weighted by Crippen LogP contribution is 2.33. The third kappa shape index (κ3) is 5.32. The molecule has 1 aromatic heterocycles. The lowest BCUT2D eigenvalue weighted by Crippen LogP contribution is -2.28. The molecule has 180 valence electrons. The number of carbonyl (C=O) groups excluding carboxylic acids is 2. The van der Waals surface area contributed by atoms with E-state index >= 15 is 4.39 Å². The maximum Gasteiger partial charge on any atom is 0.412 e. The summed E-state index contributed by atoms with van der Waals surface area (Å²) in [7, 11) is 0. The number of halogens is 2. The van der Waals surface area contributed by atoms with Crippen LogP contribution in [0.4, 0.5) is 19.3 Å². The van der Waals surface area contributed by atoms with E-state index in [-0.39, 0.29) is 23.7 Å². The fourth-order valence-corrected chi connectivity index (χ4v) is 3.62. The first-order valence-electron chi connectivity index (χ1n) is 10.9. The van der Waals surface area contributed by atoms with Gasteiger partial charge in [-0.2, -0.15) is 0 Å². The highest BCUT2D eigenvalue weighted by atomic mass is 19.2. The van der Waals surface area contributed by atoms with Crippen molar-refractivity contribution in [2.45, 2.75) is 33.0 Å². The van der Waals surface area contributed by atoms with Crippen LogP contribution in [0, 0.1) is 11.6 Å². The number of amides is 1. The lowest BCUT2D eigenvalue weighted by atomic mass is 10.2. The third-order valence-corrected chi connectivity index (χ3v) is 5.06. The third-order valence-electron chi connectivity index (χ3n) is 5.06. The highest BCUT2D eigenvalue weighted by molar-refractivity contribution is 5.98. The van der Waals surface area contributed by atoms with Crippen molar-refractivity contribution < 1.29 is 27.8 Å². The van der Waals surface area contributed by atoms with Crippen LogP contribution in [0.3, 0.4) is 0 Å². The lowest BCUT2D eigenvalue weighted by Gasteiger charge is -2.21. The van der Waals surface area contributed by atoms with E-state index < -0.39 is 29.3 Å². The smallest absolute Gasteiger partial charge is 0.412 e. The number of anilines is 1. The van der Waals surface area contributed by atoms with Gasteiger partial charge in [-0.3, -0.25) is 9.88 Å². The Morgan fingerprint density at radius 3 is 2.34 bits per heavy atom. The average molecular weight is 478 g/mol. The van der Waals surface area contributed by atoms with Crippen molar-refractivity contribution in [1.82, 2.24) is 4.57 Å². The molecule has 0 unspecified atom stereocenters. The summed E-state index contributed by atoms with van der Waals surface area (Å²) in [6.45, 7) is 5.03. The number of nitrogens with zero attached hydrogens (tertiary/aromatic N) is 1. The first-order chi connectivity index (χ1) is 16.6. The minimum absolute atomic E-state index is 0.00412. The van der Waals surface area contributed by atoms with E-state index in [4.69, 9.17) is 9.47 Å². The van der Waals surface area contributed by atoms with Gasteiger partial charge in [0, 0.05) is 5.39 Å². The van der Waals surface area contributed by atoms with Gasteiger partial charge in [-0.1, -0.05) is 48.5 Å². The van der Waals surface area contributed by atoms with Crippen molar-refractivity contribution in [2.75, 3.05) is 5.32 Å². The number of para-hydroxylation sites is 1. The Labute approximate surface area is 201 Å². The number of aromatic nitrogens is 1. The van der Waals surface area contributed by atoms with Gasteiger partial charge in [0.1, 0.15) is 23.6 Å². The molecule has 4 rings (SSSR count). The number of benzene rings is 3. The molecule has 0 aliphatic carbocycles. The molecule has 35 heavy (non-hydrogen) atoms. The fraction of sp³-hybridized carbons (Fsp3) is 0.185. The SMILES string of the molecule is CC(C)(C)OC(=O)Nc1ccc(F)c(F)c1-n1c(C(=O)OCc2ccccc2)cc2ccccc21. The molecular weight excluding hydrogens is 454 g/mol. The number of ether oxygens (including phenoxy) is 2. The fourth-order valence-electron chi connectivity index (χ4n) is 3.62. The van der Waals surface area contributed by atoms with E-state index in [0.717, 1.165) is 11.6 Å². The summed E-state index contributed by atoms with van der Waals surface area (Å²) in [5.41, 5.74) is -0.0575. The van der Waals surface area contributed by atoms with Crippen molar-refractivity contribution in [3.8, 4) is 5.69 Å². The number of hydrogen-bond acceptors (Lipinski definition) is 4. The zero-order chi connectivity index (χ0) is 25.2. The van der Waals surface area contributed by atoms with Crippen LogP contribution in [-0.4, -0.2) is 22.2 Å². The molecule has 0 atom stereocenters. The van der Waals surface area contributed by atoms with Crippen LogP contribution in [0.2, 0.25) is 0 Å². The summed E-state index contributed by atoms with van der Waals surface area (Å²) < 4.78 is 41.7. The number of hydrogen-bond donors (Lipinski definition) is 1. The molecule has 0 aliphatic heterocycles. The van der Waals surface area contributed by atoms with E-state index in [1.54, 1.807) is 57.2 Å². The summed E-state index contributed by atoms with van der Waals surface area (Å²) in [4.78, 5) is 25.6. The first kappa shape index (κ1) is 23.9. The minimum atomic E-state index is -1.24. The molecule has 1 heterocycles. The van der Waals surface area contributed by atoms with Crippen LogP contribution in [0.25, 0.3) is 16.6 Å². The second kappa shape index (κ2) is 9.58. The molecule has 0 saturated carbocycles. The van der Waals surface area contributed by atoms with Gasteiger partial charge in [-0.25, -0.2) is 18.4 Å². The number of nitrogens with one attached hydrogen (secondary N) is 1. The summed E-state index contributed by atoms with van der Waals surface area (Å²) in [5.74, 6) is -3.12. The van der Waals surface area contributed by atoms with Gasteiger partial charge in [0.15, 0.2) is 11.6 Å². The highest BCUT2D eigenvalue weighted by Gasteiger charge is 2.26. The van der Waals surface area contributed by atoms with Gasteiger partial charge in [0.05, 0.1) is 11.2 Å². The first-order valence-corrected chi connectivity index (χ1v) is 10.9. The van der Waals surface area contributed by atoms with E-state index in [9.17, 15) is 14.0 Å². The molecule has 8 heteroatoms. The molecule has 1 N–H and O–H groups in total. The van der Waals surface area contributed by atoms with E-state index in [2.05, 4.69) is 5.32 Å². The van der Waals surface area contributed by atoms with Crippen molar-refractivity contribution in [1.29, 1.82) is 0 Å². The Hall–Kier alpha value is -4.20. The Kier molecular flexibility index (Phi) is 6.55. The Morgan fingerprint density at radius 2 is 1.63 bits per heavy atom. The maximum absolute atomic E-state index is 15.3. The topological polar surface area (TPSA) is 69.6 Å². The molecule has 3 aromatic carbocycles. The van der Waals surface area contributed by atoms with Crippen molar-refractivity contribution in [3.05, 3.63) is 95.7 Å². The molecule has 1 amide bonds. The maximum atomic E-state index is 15.3. The molecule has 0 saturated heterocycles. The largest absolute Gasteiger partial charge is 0.456 e. The second-order valence-electron chi connectivity index (χ2n) is 8.87. The predicted molar refractivity (Wildman–Crippen MR) is 129 cm³/mol. The summed E-state index contributed by atoms with van der Waals surface area (Å²) in [6.07, 6.45) is -0.852. The van der Waals surface area contributed by atoms with Crippen molar-refractivity contribution in [2.24, 2.45) is 0 Å². The lowest BCUT2D eigenvalue weighted by molar-refractivity contribution is 0.0463. The average Bonchev–Trinajstić information content (AvgIpc) is 3.19. The molecule has 4 aromatic rings. The van der Waals surface area contributed by atoms with Gasteiger partial charge in [-0.15, -0.1) is 0 Å². The molecule has 0 bridgehead atoms. The zero-order valence-electron chi connectivity index (χ0n) is 19.5. The predicted octanol–water partition coefficient (Wildman–Crippen LogP) is 6.61. The zero-order valence-corrected chi connectivity index (χ0v) is 19.5. The van der Waals surface area contributed by atoms with Crippen molar-refractivity contribution in [3.63, 3.8) is 0 Å². The molecule has 0 radical (unpaired) electrons. The van der Waals surface area contributed by atoms with Gasteiger partial charge >= 0.3 is 12.1 Å². The summed E-state index contributed by atoms with van der Waals surface area (Å²) in [5, 5.41) is 3.07. The summed E-state index contributed by atoms with van der Waals surface area (Å²) >= 11 is 0. The molecule has 6 nitrogen and oxygen atoms in total. The quantitative estimate of drug-likeness (QED) is 0.328. The van der Waals surface area contributed by atoms with Gasteiger partial charge < -0.3 is 9.47 Å². The summed E-state index contributed by atoms with van der Waals surface area (Å²) in [6, 6.07) is 19.6. The van der Waals surface area contributed by atoms with Gasteiger partial charge in [0.25, 0.3) is 0 Å². The minimum Gasteiger partial charge on any atom is -0.456 e. The molecule has 0 fully saturated rings. The number of carbonyl (C=O) groups is 2. The Bertz CT molecular complexity index is 1390. The van der Waals surface area contributed by atoms with Crippen LogP contribution >= 0.6 is 0 Å². The van der Waals surface area contributed by atoms with Crippen molar-refractivity contribution >= 4 is 28.7 Å². The van der Waals surface area contributed by atoms with Crippen LogP contribution < -0.4 is 5.32 Å². The molecule has 0 spiro atoms. The number of rotatable bonds is 5. The van der Waals surface area contributed by atoms with E-state index in [1.807, 2.05) is 18.2 Å². The van der Waals surface area contributed by atoms with Crippen LogP contribution in [0.5, 0.6) is 0 Å². The molecule has 0 aliphatic rings. The monoisotopic (exact) mass is 478 g/mol. The Balaban J connectivity index is 1.81. The van der Waals surface area contributed by atoms with Crippen LogP contribution in [0.15, 0.2) is 72.8 Å². The number of fused-ring (bicyclic) bond motifs is 1. The van der Waals surface area contributed by atoms with Crippen LogP contribution in [-0.2, 0) is 16.1 Å². The van der Waals surface area contributed by atoms with Crippen LogP contribution in [0.1, 0.15) is 36.8 Å². The van der Waals surface area contributed by atoms with Gasteiger partial charge in [0.2, 0.25) is 0 Å². The van der Waals surface area contributed by atoms with E-state index in [0.29, 0.717) is 10.9 Å². The Morgan fingerprint density at radius 1 is 0.943 bits per heavy atom. The van der Waals surface area contributed by atoms with E-state index in [1.165, 1.54) is 16.7 Å². The molecular formula is C27H24F2N2O4. The normalized spacial score (nSPS) is 11.3. The van der Waals surface area contributed by atoms with Gasteiger partial charge in [-0.05, 0) is 50.6 Å².